The van der Waals surface area contributed by atoms with Crippen LogP contribution in [-0.2, 0) is 4.79 Å². The number of nitrogens with two attached hydrogens (primary N) is 1. The number of carbonyl (C=O) groups excluding carboxylic acids is 1. The third-order valence-electron chi connectivity index (χ3n) is 2.98. The van der Waals surface area contributed by atoms with Crippen LogP contribution in [0.1, 0.15) is 6.92 Å². The van der Waals surface area contributed by atoms with Crippen molar-refractivity contribution in [1.82, 2.24) is 9.97 Å². The van der Waals surface area contributed by atoms with Crippen LogP contribution in [-0.4, -0.2) is 15.9 Å². The molecule has 3 aromatic rings. The van der Waals surface area contributed by atoms with Crippen LogP contribution in [0.2, 0.25) is 0 Å². The number of nitrogen functional groups attached to an aromatic ring is 1. The maximum absolute atomic E-state index is 11.2. The first-order valence-corrected chi connectivity index (χ1v) is 6.16. The molecule has 0 amide bonds. The fourth-order valence-corrected chi connectivity index (χ4v) is 2.16. The highest BCUT2D eigenvalue weighted by atomic mass is 16.5. The van der Waals surface area contributed by atoms with Crippen LogP contribution < -0.4 is 10.5 Å². The quantitative estimate of drug-likeness (QED) is 0.552. The molecule has 0 atom stereocenters. The first kappa shape index (κ1) is 12.2. The minimum Gasteiger partial charge on any atom is -0.409 e. The molecule has 100 valence electrons. The van der Waals surface area contributed by atoms with Crippen LogP contribution in [0.4, 0.5) is 5.69 Å². The van der Waals surface area contributed by atoms with Gasteiger partial charge in [0, 0.05) is 24.2 Å². The van der Waals surface area contributed by atoms with Gasteiger partial charge in [-0.2, -0.15) is 0 Å². The van der Waals surface area contributed by atoms with E-state index in [0.29, 0.717) is 17.2 Å². The van der Waals surface area contributed by atoms with Crippen molar-refractivity contribution in [2.24, 2.45) is 0 Å². The molecule has 0 radical (unpaired) electrons. The van der Waals surface area contributed by atoms with Gasteiger partial charge in [0.05, 0.1) is 5.56 Å². The summed E-state index contributed by atoms with van der Waals surface area (Å²) in [7, 11) is 0. The summed E-state index contributed by atoms with van der Waals surface area (Å²) in [6.45, 7) is 1.37. The summed E-state index contributed by atoms with van der Waals surface area (Å²) in [5, 5.41) is 0.897. The van der Waals surface area contributed by atoms with E-state index in [-0.39, 0.29) is 5.97 Å². The molecule has 5 nitrogen and oxygen atoms in total. The lowest BCUT2D eigenvalue weighted by Crippen LogP contribution is -2.02. The highest BCUT2D eigenvalue weighted by Crippen LogP contribution is 2.36. The molecule has 20 heavy (non-hydrogen) atoms. The topological polar surface area (TPSA) is 81.0 Å². The summed E-state index contributed by atoms with van der Waals surface area (Å²) in [5.41, 5.74) is 8.78. The molecule has 0 spiro atoms. The average Bonchev–Trinajstić information content (AvgIpc) is 2.77. The van der Waals surface area contributed by atoms with Gasteiger partial charge in [0.25, 0.3) is 0 Å². The second-order valence-electron chi connectivity index (χ2n) is 4.44. The zero-order valence-electron chi connectivity index (χ0n) is 10.9. The lowest BCUT2D eigenvalue weighted by molar-refractivity contribution is -0.132. The molecule has 3 rings (SSSR count). The van der Waals surface area contributed by atoms with Crippen LogP contribution in [0, 0.1) is 0 Å². The number of H-pyrrole nitrogens is 1. The van der Waals surface area contributed by atoms with E-state index in [1.54, 1.807) is 6.20 Å². The number of carbonyl (C=O) groups is 1. The van der Waals surface area contributed by atoms with Gasteiger partial charge in [-0.15, -0.1) is 0 Å². The van der Waals surface area contributed by atoms with Crippen molar-refractivity contribution in [2.45, 2.75) is 6.92 Å². The number of rotatable bonds is 2. The minimum atomic E-state index is -0.381. The lowest BCUT2D eigenvalue weighted by Gasteiger charge is -2.04. The number of pyridine rings is 1. The number of ether oxygens (including phenoxy) is 1. The number of anilines is 1. The van der Waals surface area contributed by atoms with E-state index in [1.807, 2.05) is 36.4 Å². The van der Waals surface area contributed by atoms with E-state index in [9.17, 15) is 4.79 Å². The number of fused-ring (bicyclic) bond motifs is 1. The Labute approximate surface area is 115 Å². The van der Waals surface area contributed by atoms with Crippen LogP contribution in [0.25, 0.3) is 22.2 Å². The van der Waals surface area contributed by atoms with Crippen molar-refractivity contribution in [3.05, 3.63) is 42.6 Å². The van der Waals surface area contributed by atoms with E-state index in [4.69, 9.17) is 10.5 Å². The van der Waals surface area contributed by atoms with Gasteiger partial charge in [-0.3, -0.25) is 4.79 Å². The van der Waals surface area contributed by atoms with Crippen LogP contribution in [0.15, 0.2) is 42.6 Å². The fraction of sp³-hybridized carbons (Fsp3) is 0.0667. The predicted molar refractivity (Wildman–Crippen MR) is 77.3 cm³/mol. The van der Waals surface area contributed by atoms with Crippen LogP contribution in [0.5, 0.6) is 5.88 Å². The molecule has 0 saturated heterocycles. The monoisotopic (exact) mass is 267 g/mol. The average molecular weight is 267 g/mol. The number of benzene rings is 1. The third kappa shape index (κ3) is 2.09. The summed E-state index contributed by atoms with van der Waals surface area (Å²) < 4.78 is 5.25. The van der Waals surface area contributed by atoms with Gasteiger partial charge < -0.3 is 15.5 Å². The van der Waals surface area contributed by atoms with Gasteiger partial charge in [-0.1, -0.05) is 12.1 Å². The van der Waals surface area contributed by atoms with Crippen LogP contribution in [0.3, 0.4) is 0 Å². The largest absolute Gasteiger partial charge is 0.409 e. The Bertz CT molecular complexity index is 775. The molecule has 0 saturated carbocycles. The highest BCUT2D eigenvalue weighted by molar-refractivity contribution is 5.98. The number of aromatic nitrogens is 2. The van der Waals surface area contributed by atoms with Crippen LogP contribution >= 0.6 is 0 Å². The first-order chi connectivity index (χ1) is 9.65. The van der Waals surface area contributed by atoms with E-state index >= 15 is 0 Å². The van der Waals surface area contributed by atoms with E-state index in [2.05, 4.69) is 9.97 Å². The number of hydrogen-bond acceptors (Lipinski definition) is 4. The molecule has 0 bridgehead atoms. The van der Waals surface area contributed by atoms with Crippen molar-refractivity contribution in [1.29, 1.82) is 0 Å². The smallest absolute Gasteiger partial charge is 0.309 e. The summed E-state index contributed by atoms with van der Waals surface area (Å²) in [6.07, 6.45) is 1.68. The normalized spacial score (nSPS) is 10.7. The lowest BCUT2D eigenvalue weighted by atomic mass is 10.1. The molecule has 3 N–H and O–H groups in total. The second-order valence-corrected chi connectivity index (χ2v) is 4.44. The minimum absolute atomic E-state index is 0.381. The van der Waals surface area contributed by atoms with E-state index in [1.165, 1.54) is 6.92 Å². The number of aromatic amines is 1. The standard InChI is InChI=1S/C15H13N3O2/c1-9(19)20-15-13(10-4-6-11(16)7-5-10)12-3-2-8-17-14(12)18-15/h2-8H,16H2,1H3,(H,17,18). The first-order valence-electron chi connectivity index (χ1n) is 6.16. The van der Waals surface area contributed by atoms with Crippen molar-refractivity contribution < 1.29 is 9.53 Å². The van der Waals surface area contributed by atoms with Crippen molar-refractivity contribution in [3.8, 4) is 17.0 Å². The molecule has 1 aromatic carbocycles. The van der Waals surface area contributed by atoms with Gasteiger partial charge in [0.1, 0.15) is 5.65 Å². The van der Waals surface area contributed by atoms with Crippen molar-refractivity contribution in [2.75, 3.05) is 5.73 Å². The zero-order valence-corrected chi connectivity index (χ0v) is 10.9. The van der Waals surface area contributed by atoms with Crippen molar-refractivity contribution in [3.63, 3.8) is 0 Å². The molecule has 0 unspecified atom stereocenters. The fourth-order valence-electron chi connectivity index (χ4n) is 2.16. The molecule has 2 aromatic heterocycles. The maximum atomic E-state index is 11.2. The molecule has 0 aliphatic carbocycles. The Morgan fingerprint density at radius 1 is 1.25 bits per heavy atom. The molecule has 0 aliphatic heterocycles. The molecule has 0 fully saturated rings. The summed E-state index contributed by atoms with van der Waals surface area (Å²) in [4.78, 5) is 18.5. The summed E-state index contributed by atoms with van der Waals surface area (Å²) >= 11 is 0. The van der Waals surface area contributed by atoms with Gasteiger partial charge in [0.15, 0.2) is 0 Å². The Hall–Kier alpha value is -2.82. The molecule has 5 heteroatoms. The molecule has 0 aliphatic rings. The highest BCUT2D eigenvalue weighted by Gasteiger charge is 2.16. The Morgan fingerprint density at radius 2 is 2.00 bits per heavy atom. The van der Waals surface area contributed by atoms with E-state index in [0.717, 1.165) is 16.5 Å². The summed E-state index contributed by atoms with van der Waals surface area (Å²) in [6, 6.07) is 11.2. The zero-order chi connectivity index (χ0) is 14.1. The number of nitrogens with zero attached hydrogens (tertiary/aromatic N) is 1. The number of esters is 1. The SMILES string of the molecule is CC(=O)Oc1[nH]c2ncccc2c1-c1ccc(N)cc1. The number of nitrogens with one attached hydrogen (secondary N) is 1. The maximum Gasteiger partial charge on any atom is 0.309 e. The van der Waals surface area contributed by atoms with E-state index < -0.39 is 0 Å². The van der Waals surface area contributed by atoms with Gasteiger partial charge in [0.2, 0.25) is 5.88 Å². The summed E-state index contributed by atoms with van der Waals surface area (Å²) in [5.74, 6) is 0.0178. The second kappa shape index (κ2) is 4.70. The Kier molecular flexibility index (Phi) is 2.87. The molecular weight excluding hydrogens is 254 g/mol. The number of hydrogen-bond donors (Lipinski definition) is 2. The Balaban J connectivity index is 2.25. The van der Waals surface area contributed by atoms with Gasteiger partial charge >= 0.3 is 5.97 Å². The van der Waals surface area contributed by atoms with Gasteiger partial charge in [-0.25, -0.2) is 4.98 Å². The molecular formula is C15H13N3O2. The predicted octanol–water partition coefficient (Wildman–Crippen LogP) is 2.74. The van der Waals surface area contributed by atoms with Gasteiger partial charge in [-0.05, 0) is 29.8 Å². The Morgan fingerprint density at radius 3 is 2.70 bits per heavy atom. The van der Waals surface area contributed by atoms with Crippen molar-refractivity contribution >= 4 is 22.7 Å². The third-order valence-corrected chi connectivity index (χ3v) is 2.98. The molecule has 2 heterocycles.